The van der Waals surface area contributed by atoms with E-state index in [1.54, 1.807) is 26.1 Å². The molecule has 30 heavy (non-hydrogen) atoms. The molecular weight excluding hydrogens is 402 g/mol. The van der Waals surface area contributed by atoms with Gasteiger partial charge in [0.05, 0.1) is 20.0 Å². The second-order valence-corrected chi connectivity index (χ2v) is 7.48. The number of aryl methyl sites for hydroxylation is 2. The number of thiocarbonyl (C=S) groups is 1. The number of carbonyl (C=O) groups excluding carboxylic acids is 1. The smallest absolute Gasteiger partial charge is 0.222 e. The number of hydrogen-bond acceptors (Lipinski definition) is 5. The Morgan fingerprint density at radius 2 is 2.07 bits per heavy atom. The summed E-state index contributed by atoms with van der Waals surface area (Å²) in [5.74, 6) is 1.33. The Labute approximate surface area is 183 Å². The maximum atomic E-state index is 11.6. The molecule has 0 bridgehead atoms. The third kappa shape index (κ3) is 7.55. The van der Waals surface area contributed by atoms with Crippen molar-refractivity contribution in [1.29, 1.82) is 0 Å². The van der Waals surface area contributed by atoms with E-state index in [0.717, 1.165) is 30.9 Å². The first-order chi connectivity index (χ1) is 14.4. The number of benzene rings is 1. The van der Waals surface area contributed by atoms with Gasteiger partial charge in [0.25, 0.3) is 0 Å². The number of aromatic nitrogens is 2. The fraction of sp³-hybridized carbons (Fsp3) is 0.476. The molecule has 1 aromatic heterocycles. The maximum Gasteiger partial charge on any atom is 0.222 e. The van der Waals surface area contributed by atoms with Gasteiger partial charge in [-0.3, -0.25) is 4.79 Å². The van der Waals surface area contributed by atoms with Crippen molar-refractivity contribution in [1.82, 2.24) is 19.8 Å². The molecule has 2 aromatic rings. The van der Waals surface area contributed by atoms with Crippen molar-refractivity contribution in [2.45, 2.75) is 32.7 Å². The zero-order valence-corrected chi connectivity index (χ0v) is 18.9. The number of imidazole rings is 1. The Balaban J connectivity index is 1.75. The molecule has 0 aliphatic heterocycles. The van der Waals surface area contributed by atoms with Crippen LogP contribution in [0.3, 0.4) is 0 Å². The summed E-state index contributed by atoms with van der Waals surface area (Å²) >= 11 is 5.37. The summed E-state index contributed by atoms with van der Waals surface area (Å²) in [5.41, 5.74) is 1.96. The minimum absolute atomic E-state index is 0.0892. The number of ether oxygens (including phenoxy) is 2. The molecule has 0 saturated carbocycles. The molecule has 0 spiro atoms. The van der Waals surface area contributed by atoms with E-state index in [1.807, 2.05) is 37.6 Å². The van der Waals surface area contributed by atoms with Crippen LogP contribution < -0.4 is 20.1 Å². The van der Waals surface area contributed by atoms with Gasteiger partial charge in [0, 0.05) is 57.3 Å². The lowest BCUT2D eigenvalue weighted by Crippen LogP contribution is -2.29. The van der Waals surface area contributed by atoms with E-state index < -0.39 is 0 Å². The summed E-state index contributed by atoms with van der Waals surface area (Å²) in [6.45, 7) is 4.13. The van der Waals surface area contributed by atoms with E-state index in [4.69, 9.17) is 21.7 Å². The van der Waals surface area contributed by atoms with Gasteiger partial charge in [0.2, 0.25) is 5.91 Å². The first-order valence-corrected chi connectivity index (χ1v) is 10.3. The molecular formula is C21H31N5O3S. The highest BCUT2D eigenvalue weighted by Crippen LogP contribution is 2.30. The fourth-order valence-corrected chi connectivity index (χ4v) is 2.96. The molecule has 0 unspecified atom stereocenters. The van der Waals surface area contributed by atoms with Crippen molar-refractivity contribution in [2.75, 3.05) is 39.7 Å². The summed E-state index contributed by atoms with van der Waals surface area (Å²) in [6, 6.07) is 5.55. The molecule has 8 nitrogen and oxygen atoms in total. The minimum Gasteiger partial charge on any atom is -0.493 e. The molecule has 0 saturated heterocycles. The van der Waals surface area contributed by atoms with Gasteiger partial charge in [-0.05, 0) is 44.1 Å². The molecule has 164 valence electrons. The zero-order chi connectivity index (χ0) is 21.9. The van der Waals surface area contributed by atoms with Crippen LogP contribution in [0, 0.1) is 6.92 Å². The number of anilines is 1. The van der Waals surface area contributed by atoms with Crippen LogP contribution in [0.5, 0.6) is 11.5 Å². The van der Waals surface area contributed by atoms with Gasteiger partial charge >= 0.3 is 0 Å². The second kappa shape index (κ2) is 12.0. The second-order valence-electron chi connectivity index (χ2n) is 7.07. The molecule has 2 N–H and O–H groups in total. The third-order valence-corrected chi connectivity index (χ3v) is 4.74. The average molecular weight is 434 g/mol. The molecule has 0 aliphatic rings. The topological polar surface area (TPSA) is 80.6 Å². The first kappa shape index (κ1) is 23.5. The van der Waals surface area contributed by atoms with Crippen molar-refractivity contribution in [3.63, 3.8) is 0 Å². The zero-order valence-electron chi connectivity index (χ0n) is 18.1. The largest absolute Gasteiger partial charge is 0.493 e. The Morgan fingerprint density at radius 1 is 1.27 bits per heavy atom. The van der Waals surface area contributed by atoms with Crippen molar-refractivity contribution >= 4 is 28.9 Å². The summed E-state index contributed by atoms with van der Waals surface area (Å²) in [6.07, 6.45) is 5.72. The van der Waals surface area contributed by atoms with Crippen LogP contribution in [-0.2, 0) is 11.3 Å². The standard InChI is InChI=1S/C21H31N5O3S/c1-16-14-22-15-26(16)11-6-10-23-21(30)24-17-8-9-18(19(13-17)28-4)29-12-5-7-20(27)25(2)3/h8-9,13-15H,5-7,10-12H2,1-4H3,(H2,23,24,30). The van der Waals surface area contributed by atoms with Crippen molar-refractivity contribution < 1.29 is 14.3 Å². The predicted octanol–water partition coefficient (Wildman–Crippen LogP) is 2.82. The number of methoxy groups -OCH3 is 1. The quantitative estimate of drug-likeness (QED) is 0.417. The Kier molecular flexibility index (Phi) is 9.40. The van der Waals surface area contributed by atoms with Crippen LogP contribution in [0.15, 0.2) is 30.7 Å². The van der Waals surface area contributed by atoms with Crippen molar-refractivity contribution in [3.05, 3.63) is 36.4 Å². The summed E-state index contributed by atoms with van der Waals surface area (Å²) < 4.78 is 13.3. The first-order valence-electron chi connectivity index (χ1n) is 9.93. The van der Waals surface area contributed by atoms with E-state index in [-0.39, 0.29) is 5.91 Å². The van der Waals surface area contributed by atoms with Crippen LogP contribution in [-0.4, -0.2) is 59.8 Å². The van der Waals surface area contributed by atoms with Gasteiger partial charge < -0.3 is 29.6 Å². The Hall–Kier alpha value is -2.81. The van der Waals surface area contributed by atoms with E-state index in [0.29, 0.717) is 36.1 Å². The maximum absolute atomic E-state index is 11.6. The van der Waals surface area contributed by atoms with Gasteiger partial charge in [-0.1, -0.05) is 0 Å². The van der Waals surface area contributed by atoms with Crippen LogP contribution in [0.1, 0.15) is 25.0 Å². The van der Waals surface area contributed by atoms with Gasteiger partial charge in [0.1, 0.15) is 0 Å². The van der Waals surface area contributed by atoms with E-state index in [9.17, 15) is 4.79 Å². The van der Waals surface area contributed by atoms with Gasteiger partial charge in [-0.15, -0.1) is 0 Å². The van der Waals surface area contributed by atoms with Crippen LogP contribution in [0.2, 0.25) is 0 Å². The molecule has 2 rings (SSSR count). The SMILES string of the molecule is COc1cc(NC(=S)NCCCn2cncc2C)ccc1OCCCC(=O)N(C)C. The Bertz CT molecular complexity index is 838. The number of nitrogens with one attached hydrogen (secondary N) is 2. The molecule has 1 amide bonds. The molecule has 0 radical (unpaired) electrons. The van der Waals surface area contributed by atoms with Crippen molar-refractivity contribution in [2.24, 2.45) is 0 Å². The Morgan fingerprint density at radius 3 is 2.73 bits per heavy atom. The third-order valence-electron chi connectivity index (χ3n) is 4.49. The number of hydrogen-bond donors (Lipinski definition) is 2. The predicted molar refractivity (Wildman–Crippen MR) is 122 cm³/mol. The van der Waals surface area contributed by atoms with Crippen molar-refractivity contribution in [3.8, 4) is 11.5 Å². The van der Waals surface area contributed by atoms with E-state index >= 15 is 0 Å². The highest BCUT2D eigenvalue weighted by atomic mass is 32.1. The lowest BCUT2D eigenvalue weighted by molar-refractivity contribution is -0.128. The number of amides is 1. The van der Waals surface area contributed by atoms with Crippen LogP contribution >= 0.6 is 12.2 Å². The van der Waals surface area contributed by atoms with Gasteiger partial charge in [-0.2, -0.15) is 0 Å². The number of nitrogens with zero attached hydrogens (tertiary/aromatic N) is 3. The summed E-state index contributed by atoms with van der Waals surface area (Å²) in [4.78, 5) is 17.3. The molecule has 1 heterocycles. The summed E-state index contributed by atoms with van der Waals surface area (Å²) in [7, 11) is 5.09. The average Bonchev–Trinajstić information content (AvgIpc) is 3.13. The van der Waals surface area contributed by atoms with Gasteiger partial charge in [-0.25, -0.2) is 4.98 Å². The lowest BCUT2D eigenvalue weighted by atomic mass is 10.2. The lowest BCUT2D eigenvalue weighted by Gasteiger charge is -2.15. The normalized spacial score (nSPS) is 10.4. The van der Waals surface area contributed by atoms with Crippen LogP contribution in [0.25, 0.3) is 0 Å². The highest BCUT2D eigenvalue weighted by Gasteiger charge is 2.08. The number of carbonyl (C=O) groups is 1. The summed E-state index contributed by atoms with van der Waals surface area (Å²) in [5, 5.41) is 6.92. The molecule has 0 atom stereocenters. The highest BCUT2D eigenvalue weighted by molar-refractivity contribution is 7.80. The molecule has 0 aliphatic carbocycles. The van der Waals surface area contributed by atoms with Crippen LogP contribution in [0.4, 0.5) is 5.69 Å². The molecule has 0 fully saturated rings. The molecule has 1 aromatic carbocycles. The minimum atomic E-state index is 0.0892. The van der Waals surface area contributed by atoms with Gasteiger partial charge in [0.15, 0.2) is 16.6 Å². The monoisotopic (exact) mass is 433 g/mol. The molecule has 9 heteroatoms. The number of rotatable bonds is 11. The van der Waals surface area contributed by atoms with E-state index in [2.05, 4.69) is 20.2 Å². The van der Waals surface area contributed by atoms with E-state index in [1.165, 1.54) is 0 Å². The fourth-order valence-electron chi connectivity index (χ4n) is 2.74.